The first-order valence-electron chi connectivity index (χ1n) is 8.49. The molecule has 1 aliphatic carbocycles. The Morgan fingerprint density at radius 3 is 2.54 bits per heavy atom. The summed E-state index contributed by atoms with van der Waals surface area (Å²) in [6, 6.07) is 8.40. The lowest BCUT2D eigenvalue weighted by Gasteiger charge is -2.32. The molecule has 0 spiro atoms. The summed E-state index contributed by atoms with van der Waals surface area (Å²) in [6.07, 6.45) is -0.751. The molecule has 1 aromatic rings. The number of aryl methyl sites for hydroxylation is 1. The molecule has 0 amide bonds. The van der Waals surface area contributed by atoms with E-state index < -0.39 is 18.3 Å². The van der Waals surface area contributed by atoms with Gasteiger partial charge in [0.2, 0.25) is 0 Å². The van der Waals surface area contributed by atoms with Gasteiger partial charge in [0.25, 0.3) is 0 Å². The van der Waals surface area contributed by atoms with E-state index in [1.54, 1.807) is 4.90 Å². The van der Waals surface area contributed by atoms with Crippen molar-refractivity contribution in [3.05, 3.63) is 35.9 Å². The fraction of sp³-hybridized carbons (Fsp3) is 0.667. The number of nitrogens with zero attached hydrogens (tertiary/aromatic N) is 1. The van der Waals surface area contributed by atoms with Crippen LogP contribution < -0.4 is 0 Å². The highest BCUT2D eigenvalue weighted by atomic mass is 35.5. The summed E-state index contributed by atoms with van der Waals surface area (Å²) in [4.78, 5) is 1.55. The molecule has 6 heteroatoms. The molecular formula is C18H25ClF3NO. The van der Waals surface area contributed by atoms with Crippen LogP contribution in [0.4, 0.5) is 13.2 Å². The van der Waals surface area contributed by atoms with Crippen molar-refractivity contribution in [2.45, 2.75) is 62.9 Å². The molecule has 1 unspecified atom stereocenters. The molecule has 2 nitrogen and oxygen atoms in total. The van der Waals surface area contributed by atoms with E-state index in [-0.39, 0.29) is 37.3 Å². The second-order valence-corrected chi connectivity index (χ2v) is 6.93. The Hall–Kier alpha value is -0.780. The van der Waals surface area contributed by atoms with Crippen LogP contribution >= 0.6 is 12.4 Å². The fourth-order valence-corrected chi connectivity index (χ4v) is 4.28. The number of likely N-dealkylation sites (tertiary alicyclic amines) is 1. The molecule has 1 aromatic carbocycles. The maximum atomic E-state index is 13.3. The normalized spacial score (nSPS) is 28.4. The van der Waals surface area contributed by atoms with Crippen LogP contribution in [-0.2, 0) is 6.42 Å². The maximum absolute atomic E-state index is 13.3. The van der Waals surface area contributed by atoms with Crippen LogP contribution in [0.25, 0.3) is 0 Å². The monoisotopic (exact) mass is 363 g/mol. The molecule has 1 N–H and O–H groups in total. The van der Waals surface area contributed by atoms with E-state index in [2.05, 4.69) is 0 Å². The van der Waals surface area contributed by atoms with Gasteiger partial charge in [0.1, 0.15) is 6.04 Å². The van der Waals surface area contributed by atoms with Crippen LogP contribution in [0.1, 0.15) is 37.7 Å². The van der Waals surface area contributed by atoms with Crippen molar-refractivity contribution in [2.24, 2.45) is 5.92 Å². The Bertz CT molecular complexity index is 511. The Morgan fingerprint density at radius 1 is 1.17 bits per heavy atom. The van der Waals surface area contributed by atoms with Gasteiger partial charge in [0.05, 0.1) is 6.10 Å². The Balaban J connectivity index is 0.00000208. The lowest BCUT2D eigenvalue weighted by Crippen LogP contribution is -2.47. The van der Waals surface area contributed by atoms with Gasteiger partial charge in [-0.15, -0.1) is 12.4 Å². The predicted octanol–water partition coefficient (Wildman–Crippen LogP) is 4.21. The molecular weight excluding hydrogens is 339 g/mol. The van der Waals surface area contributed by atoms with Gasteiger partial charge in [-0.05, 0) is 43.6 Å². The van der Waals surface area contributed by atoms with E-state index in [0.29, 0.717) is 12.8 Å². The van der Waals surface area contributed by atoms with E-state index in [1.165, 1.54) is 0 Å². The summed E-state index contributed by atoms with van der Waals surface area (Å²) in [7, 11) is 0. The highest BCUT2D eigenvalue weighted by Crippen LogP contribution is 2.46. The Kier molecular flexibility index (Phi) is 6.57. The van der Waals surface area contributed by atoms with Gasteiger partial charge in [0, 0.05) is 12.6 Å². The SMILES string of the molecule is Cl.OC(CCc1ccccc1)CN1[C@H](C(F)(F)F)C[C@@H]2CCC[C@@H]21. The quantitative estimate of drug-likeness (QED) is 0.847. The molecule has 136 valence electrons. The largest absolute Gasteiger partial charge is 0.404 e. The van der Waals surface area contributed by atoms with Gasteiger partial charge in [-0.1, -0.05) is 36.8 Å². The number of rotatable bonds is 5. The van der Waals surface area contributed by atoms with Crippen LogP contribution in [0, 0.1) is 5.92 Å². The lowest BCUT2D eigenvalue weighted by molar-refractivity contribution is -0.182. The third-order valence-corrected chi connectivity index (χ3v) is 5.38. The van der Waals surface area contributed by atoms with Gasteiger partial charge < -0.3 is 5.11 Å². The van der Waals surface area contributed by atoms with E-state index in [4.69, 9.17) is 0 Å². The summed E-state index contributed by atoms with van der Waals surface area (Å²) < 4.78 is 39.9. The average molecular weight is 364 g/mol. The summed E-state index contributed by atoms with van der Waals surface area (Å²) in [5.74, 6) is 0.156. The summed E-state index contributed by atoms with van der Waals surface area (Å²) in [6.45, 7) is 0.137. The minimum Gasteiger partial charge on any atom is -0.392 e. The standard InChI is InChI=1S/C18H24F3NO.ClH/c19-18(20,21)17-11-14-7-4-8-16(14)22(17)12-15(23)10-9-13-5-2-1-3-6-13;/h1-3,5-6,14-17,23H,4,7-12H2;1H/t14-,15?,16-,17-;/m0./s1. The Morgan fingerprint density at radius 2 is 1.88 bits per heavy atom. The molecule has 1 heterocycles. The first kappa shape index (κ1) is 19.5. The number of aliphatic hydroxyl groups is 1. The van der Waals surface area contributed by atoms with Crippen molar-refractivity contribution in [1.82, 2.24) is 4.90 Å². The van der Waals surface area contributed by atoms with Crippen LogP contribution in [0.3, 0.4) is 0 Å². The fourth-order valence-electron chi connectivity index (χ4n) is 4.28. The number of benzene rings is 1. The van der Waals surface area contributed by atoms with Gasteiger partial charge >= 0.3 is 6.18 Å². The van der Waals surface area contributed by atoms with Gasteiger partial charge in [-0.2, -0.15) is 13.2 Å². The maximum Gasteiger partial charge on any atom is 0.404 e. The van der Waals surface area contributed by atoms with Crippen LogP contribution in [0.5, 0.6) is 0 Å². The molecule has 3 rings (SSSR count). The first-order chi connectivity index (χ1) is 10.9. The number of hydrogen-bond donors (Lipinski definition) is 1. The molecule has 2 fully saturated rings. The van der Waals surface area contributed by atoms with Crippen molar-refractivity contribution in [1.29, 1.82) is 0 Å². The van der Waals surface area contributed by atoms with Crippen LogP contribution in [0.2, 0.25) is 0 Å². The molecule has 1 saturated carbocycles. The zero-order valence-corrected chi connectivity index (χ0v) is 14.4. The second kappa shape index (κ2) is 8.07. The number of hydrogen-bond acceptors (Lipinski definition) is 2. The van der Waals surface area contributed by atoms with Gasteiger partial charge in [0.15, 0.2) is 0 Å². The minimum absolute atomic E-state index is 0. The summed E-state index contributed by atoms with van der Waals surface area (Å²) in [5, 5.41) is 10.3. The second-order valence-electron chi connectivity index (χ2n) is 6.93. The molecule has 0 aromatic heterocycles. The topological polar surface area (TPSA) is 23.5 Å². The predicted molar refractivity (Wildman–Crippen MR) is 90.3 cm³/mol. The number of halogens is 4. The molecule has 1 saturated heterocycles. The third-order valence-electron chi connectivity index (χ3n) is 5.38. The first-order valence-corrected chi connectivity index (χ1v) is 8.49. The average Bonchev–Trinajstić information content (AvgIpc) is 3.08. The van der Waals surface area contributed by atoms with Crippen molar-refractivity contribution in [2.75, 3.05) is 6.54 Å². The van der Waals surface area contributed by atoms with Crippen molar-refractivity contribution in [3.63, 3.8) is 0 Å². The highest BCUT2D eigenvalue weighted by Gasteiger charge is 2.54. The number of aliphatic hydroxyl groups excluding tert-OH is 1. The van der Waals surface area contributed by atoms with Crippen LogP contribution in [0.15, 0.2) is 30.3 Å². The van der Waals surface area contributed by atoms with E-state index in [0.717, 1.165) is 24.8 Å². The Labute approximate surface area is 147 Å². The molecule has 1 aliphatic heterocycles. The molecule has 0 bridgehead atoms. The smallest absolute Gasteiger partial charge is 0.392 e. The van der Waals surface area contributed by atoms with Crippen molar-refractivity contribution >= 4 is 12.4 Å². The molecule has 4 atom stereocenters. The summed E-state index contributed by atoms with van der Waals surface area (Å²) >= 11 is 0. The van der Waals surface area contributed by atoms with Gasteiger partial charge in [-0.3, -0.25) is 4.90 Å². The molecule has 2 aliphatic rings. The number of β-amino-alcohol motifs (C(OH)–C–C–N with tert-alkyl or cyclic N) is 1. The zero-order valence-electron chi connectivity index (χ0n) is 13.6. The number of alkyl halides is 3. The zero-order chi connectivity index (χ0) is 16.4. The van der Waals surface area contributed by atoms with E-state index in [9.17, 15) is 18.3 Å². The van der Waals surface area contributed by atoms with E-state index >= 15 is 0 Å². The third kappa shape index (κ3) is 4.44. The van der Waals surface area contributed by atoms with Crippen LogP contribution in [-0.4, -0.2) is 40.9 Å². The highest BCUT2D eigenvalue weighted by molar-refractivity contribution is 5.85. The molecule has 0 radical (unpaired) electrons. The van der Waals surface area contributed by atoms with Crippen molar-refractivity contribution in [3.8, 4) is 0 Å². The van der Waals surface area contributed by atoms with Gasteiger partial charge in [-0.25, -0.2) is 0 Å². The lowest BCUT2D eigenvalue weighted by atomic mass is 10.0. The summed E-state index contributed by atoms with van der Waals surface area (Å²) in [5.41, 5.74) is 1.11. The van der Waals surface area contributed by atoms with E-state index in [1.807, 2.05) is 30.3 Å². The molecule has 24 heavy (non-hydrogen) atoms. The van der Waals surface area contributed by atoms with Crippen molar-refractivity contribution < 1.29 is 18.3 Å². The number of fused-ring (bicyclic) bond motifs is 1. The minimum atomic E-state index is -4.19.